The predicted octanol–water partition coefficient (Wildman–Crippen LogP) is 2.68. The lowest BCUT2D eigenvalue weighted by Crippen LogP contribution is -2.23. The number of rotatable bonds is 5. The molecule has 1 aromatic carbocycles. The van der Waals surface area contributed by atoms with E-state index in [0.717, 1.165) is 5.56 Å². The quantitative estimate of drug-likeness (QED) is 0.921. The molecule has 0 saturated carbocycles. The van der Waals surface area contributed by atoms with Crippen LogP contribution < -0.4 is 4.72 Å². The van der Waals surface area contributed by atoms with E-state index in [4.69, 9.17) is 0 Å². The zero-order valence-electron chi connectivity index (χ0n) is 11.6. The molecule has 5 heteroatoms. The number of nitrogens with zero attached hydrogens (tertiary/aromatic N) is 1. The van der Waals surface area contributed by atoms with Gasteiger partial charge < -0.3 is 0 Å². The summed E-state index contributed by atoms with van der Waals surface area (Å²) >= 11 is 0. The van der Waals surface area contributed by atoms with Crippen molar-refractivity contribution in [2.24, 2.45) is 0 Å². The topological polar surface area (TPSA) is 59.1 Å². The summed E-state index contributed by atoms with van der Waals surface area (Å²) in [6.45, 7) is 4.33. The van der Waals surface area contributed by atoms with Gasteiger partial charge in [-0.1, -0.05) is 32.0 Å². The molecule has 0 aliphatic rings. The second kappa shape index (κ2) is 6.15. The number of hydrogen-bond acceptors (Lipinski definition) is 3. The zero-order chi connectivity index (χ0) is 14.6. The number of pyridine rings is 1. The van der Waals surface area contributed by atoms with E-state index in [0.29, 0.717) is 11.6 Å². The van der Waals surface area contributed by atoms with Crippen LogP contribution in [0.3, 0.4) is 0 Å². The molecule has 0 atom stereocenters. The Morgan fingerprint density at radius 2 is 1.80 bits per heavy atom. The summed E-state index contributed by atoms with van der Waals surface area (Å²) in [5.74, 6) is 0.383. The summed E-state index contributed by atoms with van der Waals surface area (Å²) in [5, 5.41) is 0. The first-order valence-electron chi connectivity index (χ1n) is 6.48. The van der Waals surface area contributed by atoms with Crippen molar-refractivity contribution in [3.05, 3.63) is 59.9 Å². The minimum atomic E-state index is -3.49. The molecule has 1 aromatic heterocycles. The third kappa shape index (κ3) is 3.65. The molecule has 2 rings (SSSR count). The van der Waals surface area contributed by atoms with Crippen molar-refractivity contribution in [3.63, 3.8) is 0 Å². The first kappa shape index (κ1) is 14.7. The molecular formula is C15H18N2O2S. The molecule has 1 N–H and O–H groups in total. The van der Waals surface area contributed by atoms with Crippen LogP contribution in [0.4, 0.5) is 0 Å². The van der Waals surface area contributed by atoms with Crippen molar-refractivity contribution in [1.82, 2.24) is 9.71 Å². The molecule has 0 amide bonds. The molecule has 2 aromatic rings. The van der Waals surface area contributed by atoms with Crippen LogP contribution in [-0.4, -0.2) is 13.4 Å². The zero-order valence-corrected chi connectivity index (χ0v) is 12.4. The Morgan fingerprint density at radius 3 is 2.35 bits per heavy atom. The molecule has 4 nitrogen and oxygen atoms in total. The minimum Gasteiger partial charge on any atom is -0.260 e. The molecule has 0 fully saturated rings. The standard InChI is InChI=1S/C15H18N2O2S/c1-12(2)13-6-8-15(9-7-13)20(18,19)17-11-14-5-3-4-10-16-14/h3-10,12,17H,11H2,1-2H3. The lowest BCUT2D eigenvalue weighted by atomic mass is 10.0. The maximum absolute atomic E-state index is 12.1. The van der Waals surface area contributed by atoms with E-state index < -0.39 is 10.0 Å². The van der Waals surface area contributed by atoms with E-state index in [1.165, 1.54) is 0 Å². The van der Waals surface area contributed by atoms with E-state index in [-0.39, 0.29) is 11.4 Å². The monoisotopic (exact) mass is 290 g/mol. The van der Waals surface area contributed by atoms with E-state index in [9.17, 15) is 8.42 Å². The van der Waals surface area contributed by atoms with Crippen molar-refractivity contribution in [2.45, 2.75) is 31.2 Å². The summed E-state index contributed by atoms with van der Waals surface area (Å²) in [6.07, 6.45) is 1.64. The molecule has 0 bridgehead atoms. The van der Waals surface area contributed by atoms with Gasteiger partial charge in [-0.3, -0.25) is 4.98 Å². The maximum Gasteiger partial charge on any atom is 0.240 e. The number of aromatic nitrogens is 1. The van der Waals surface area contributed by atoms with Gasteiger partial charge in [-0.05, 0) is 35.7 Å². The smallest absolute Gasteiger partial charge is 0.240 e. The van der Waals surface area contributed by atoms with E-state index in [2.05, 4.69) is 23.6 Å². The average Bonchev–Trinajstić information content (AvgIpc) is 2.46. The summed E-state index contributed by atoms with van der Waals surface area (Å²) in [7, 11) is -3.49. The fourth-order valence-electron chi connectivity index (χ4n) is 1.79. The van der Waals surface area contributed by atoms with Crippen molar-refractivity contribution in [2.75, 3.05) is 0 Å². The largest absolute Gasteiger partial charge is 0.260 e. The van der Waals surface area contributed by atoms with E-state index >= 15 is 0 Å². The normalized spacial score (nSPS) is 11.8. The highest BCUT2D eigenvalue weighted by atomic mass is 32.2. The van der Waals surface area contributed by atoms with E-state index in [1.807, 2.05) is 18.2 Å². The van der Waals surface area contributed by atoms with Crippen LogP contribution in [0, 0.1) is 0 Å². The summed E-state index contributed by atoms with van der Waals surface area (Å²) in [4.78, 5) is 4.36. The lowest BCUT2D eigenvalue weighted by Gasteiger charge is -2.09. The predicted molar refractivity (Wildman–Crippen MR) is 78.8 cm³/mol. The second-order valence-electron chi connectivity index (χ2n) is 4.87. The molecule has 0 saturated heterocycles. The molecule has 0 spiro atoms. The number of benzene rings is 1. The van der Waals surface area contributed by atoms with Crippen molar-refractivity contribution < 1.29 is 8.42 Å². The Balaban J connectivity index is 2.10. The molecular weight excluding hydrogens is 272 g/mol. The first-order chi connectivity index (χ1) is 9.49. The molecule has 0 aliphatic heterocycles. The Bertz CT molecular complexity index is 650. The highest BCUT2D eigenvalue weighted by Crippen LogP contribution is 2.17. The van der Waals surface area contributed by atoms with Crippen LogP contribution in [0.15, 0.2) is 53.6 Å². The third-order valence-electron chi connectivity index (χ3n) is 3.03. The van der Waals surface area contributed by atoms with Crippen LogP contribution in [-0.2, 0) is 16.6 Å². The lowest BCUT2D eigenvalue weighted by molar-refractivity contribution is 0.580. The van der Waals surface area contributed by atoms with Crippen LogP contribution in [0.2, 0.25) is 0 Å². The van der Waals surface area contributed by atoms with Gasteiger partial charge in [0.15, 0.2) is 0 Å². The molecule has 0 radical (unpaired) electrons. The maximum atomic E-state index is 12.1. The molecule has 106 valence electrons. The number of nitrogens with one attached hydrogen (secondary N) is 1. The van der Waals surface area contributed by atoms with Gasteiger partial charge in [0.25, 0.3) is 0 Å². The van der Waals surface area contributed by atoms with Crippen LogP contribution in [0.5, 0.6) is 0 Å². The van der Waals surface area contributed by atoms with Gasteiger partial charge in [-0.15, -0.1) is 0 Å². The Labute approximate surface area is 119 Å². The number of sulfonamides is 1. The molecule has 0 unspecified atom stereocenters. The van der Waals surface area contributed by atoms with Crippen molar-refractivity contribution in [1.29, 1.82) is 0 Å². The van der Waals surface area contributed by atoms with Crippen LogP contribution in [0.1, 0.15) is 31.0 Å². The summed E-state index contributed by atoms with van der Waals surface area (Å²) in [6, 6.07) is 12.4. The fourth-order valence-corrected chi connectivity index (χ4v) is 2.79. The van der Waals surface area contributed by atoms with Gasteiger partial charge in [0.05, 0.1) is 17.1 Å². The van der Waals surface area contributed by atoms with Crippen molar-refractivity contribution >= 4 is 10.0 Å². The second-order valence-corrected chi connectivity index (χ2v) is 6.64. The fraction of sp³-hybridized carbons (Fsp3) is 0.267. The van der Waals surface area contributed by atoms with Gasteiger partial charge >= 0.3 is 0 Å². The Kier molecular flexibility index (Phi) is 4.52. The van der Waals surface area contributed by atoms with Gasteiger partial charge in [0, 0.05) is 6.20 Å². The third-order valence-corrected chi connectivity index (χ3v) is 4.44. The Hall–Kier alpha value is -1.72. The van der Waals surface area contributed by atoms with Gasteiger partial charge in [-0.2, -0.15) is 0 Å². The molecule has 0 aliphatic carbocycles. The SMILES string of the molecule is CC(C)c1ccc(S(=O)(=O)NCc2ccccn2)cc1. The van der Waals surface area contributed by atoms with Gasteiger partial charge in [0.1, 0.15) is 0 Å². The summed E-state index contributed by atoms with van der Waals surface area (Å²) in [5.41, 5.74) is 1.81. The Morgan fingerprint density at radius 1 is 1.10 bits per heavy atom. The number of hydrogen-bond donors (Lipinski definition) is 1. The minimum absolute atomic E-state index is 0.190. The van der Waals surface area contributed by atoms with Crippen LogP contribution >= 0.6 is 0 Å². The highest BCUT2D eigenvalue weighted by Gasteiger charge is 2.14. The average molecular weight is 290 g/mol. The van der Waals surface area contributed by atoms with E-state index in [1.54, 1.807) is 30.5 Å². The highest BCUT2D eigenvalue weighted by molar-refractivity contribution is 7.89. The van der Waals surface area contributed by atoms with Gasteiger partial charge in [0.2, 0.25) is 10.0 Å². The molecule has 1 heterocycles. The van der Waals surface area contributed by atoms with Crippen molar-refractivity contribution in [3.8, 4) is 0 Å². The van der Waals surface area contributed by atoms with Crippen LogP contribution in [0.25, 0.3) is 0 Å². The summed E-state index contributed by atoms with van der Waals surface area (Å²) < 4.78 is 26.8. The first-order valence-corrected chi connectivity index (χ1v) is 7.97. The van der Waals surface area contributed by atoms with Gasteiger partial charge in [-0.25, -0.2) is 13.1 Å². The molecule has 20 heavy (non-hydrogen) atoms.